The Morgan fingerprint density at radius 1 is 0.903 bits per heavy atom. The van der Waals surface area contributed by atoms with Gasteiger partial charge in [-0.25, -0.2) is 0 Å². The highest BCUT2D eigenvalue weighted by molar-refractivity contribution is 6.12. The van der Waals surface area contributed by atoms with E-state index in [2.05, 4.69) is 15.5 Å². The normalized spacial score (nSPS) is 16.7. The van der Waals surface area contributed by atoms with Gasteiger partial charge in [0.05, 0.1) is 23.1 Å². The third-order valence-corrected chi connectivity index (χ3v) is 5.34. The van der Waals surface area contributed by atoms with E-state index < -0.39 is 6.17 Å². The maximum atomic E-state index is 13.5. The average molecular weight is 411 g/mol. The average Bonchev–Trinajstić information content (AvgIpc) is 3.49. The molecule has 152 valence electrons. The van der Waals surface area contributed by atoms with Crippen molar-refractivity contribution in [3.63, 3.8) is 0 Å². The van der Waals surface area contributed by atoms with Gasteiger partial charge in [0.2, 0.25) is 6.79 Å². The summed E-state index contributed by atoms with van der Waals surface area (Å²) in [6.07, 6.45) is 1.13. The first-order chi connectivity index (χ1) is 15.3. The summed E-state index contributed by atoms with van der Waals surface area (Å²) in [6, 6.07) is 22.5. The Morgan fingerprint density at radius 2 is 1.71 bits per heavy atom. The molecule has 2 aliphatic rings. The molecule has 6 rings (SSSR count). The van der Waals surface area contributed by atoms with E-state index in [1.165, 1.54) is 0 Å². The van der Waals surface area contributed by atoms with Gasteiger partial charge in [0, 0.05) is 11.8 Å². The molecule has 31 heavy (non-hydrogen) atoms. The van der Waals surface area contributed by atoms with Crippen LogP contribution < -0.4 is 19.7 Å². The summed E-state index contributed by atoms with van der Waals surface area (Å²) in [6.45, 7) is 0.169. The molecule has 3 aromatic carbocycles. The number of hydrogen-bond donors (Lipinski definition) is 1. The number of nitrogens with one attached hydrogen (secondary N) is 1. The third kappa shape index (κ3) is 2.88. The monoisotopic (exact) mass is 411 g/mol. The predicted octanol–water partition coefficient (Wildman–Crippen LogP) is 3.77. The van der Waals surface area contributed by atoms with Crippen LogP contribution in [0.2, 0.25) is 0 Å². The molecule has 0 unspecified atom stereocenters. The lowest BCUT2D eigenvalue weighted by Gasteiger charge is -2.36. The lowest BCUT2D eigenvalue weighted by molar-refractivity contribution is 0.0974. The molecule has 0 fully saturated rings. The molecular formula is C23H17N5O3. The summed E-state index contributed by atoms with van der Waals surface area (Å²) in [4.78, 5) is 16.8. The molecule has 8 heteroatoms. The second-order valence-corrected chi connectivity index (χ2v) is 7.20. The maximum Gasteiger partial charge on any atom is 0.262 e. The van der Waals surface area contributed by atoms with E-state index in [0.717, 1.165) is 11.4 Å². The van der Waals surface area contributed by atoms with Crippen LogP contribution in [0.4, 0.5) is 11.4 Å². The van der Waals surface area contributed by atoms with Gasteiger partial charge >= 0.3 is 0 Å². The van der Waals surface area contributed by atoms with Crippen LogP contribution in [0.25, 0.3) is 5.69 Å². The number of anilines is 2. The number of nitrogens with zero attached hydrogens (tertiary/aromatic N) is 4. The Morgan fingerprint density at radius 3 is 2.61 bits per heavy atom. The third-order valence-electron chi connectivity index (χ3n) is 5.34. The molecule has 0 spiro atoms. The fourth-order valence-corrected chi connectivity index (χ4v) is 3.85. The van der Waals surface area contributed by atoms with E-state index in [0.29, 0.717) is 28.4 Å². The van der Waals surface area contributed by atoms with Crippen LogP contribution in [0.15, 0.2) is 79.0 Å². The Labute approximate surface area is 177 Å². The van der Waals surface area contributed by atoms with Gasteiger partial charge in [-0.15, -0.1) is 5.10 Å². The lowest BCUT2D eigenvalue weighted by atomic mass is 10.1. The zero-order valence-corrected chi connectivity index (χ0v) is 16.3. The molecule has 0 saturated heterocycles. The number of hydrogen-bond acceptors (Lipinski definition) is 6. The summed E-state index contributed by atoms with van der Waals surface area (Å²) in [5.74, 6) is 1.14. The highest BCUT2D eigenvalue weighted by Gasteiger charge is 2.36. The van der Waals surface area contributed by atoms with Gasteiger partial charge in [-0.1, -0.05) is 30.3 Å². The van der Waals surface area contributed by atoms with Gasteiger partial charge in [0.1, 0.15) is 5.69 Å². The van der Waals surface area contributed by atoms with Crippen LogP contribution in [-0.4, -0.2) is 27.7 Å². The van der Waals surface area contributed by atoms with Crippen molar-refractivity contribution in [3.8, 4) is 17.2 Å². The van der Waals surface area contributed by atoms with E-state index >= 15 is 0 Å². The van der Waals surface area contributed by atoms with E-state index in [4.69, 9.17) is 9.47 Å². The number of para-hydroxylation sites is 2. The summed E-state index contributed by atoms with van der Waals surface area (Å²) in [5, 5.41) is 12.5. The largest absolute Gasteiger partial charge is 0.454 e. The summed E-state index contributed by atoms with van der Waals surface area (Å²) < 4.78 is 10.9. The van der Waals surface area contributed by atoms with Crippen molar-refractivity contribution in [2.45, 2.75) is 6.17 Å². The molecule has 2 aliphatic heterocycles. The van der Waals surface area contributed by atoms with Gasteiger partial charge in [0.25, 0.3) is 5.91 Å². The van der Waals surface area contributed by atoms with Crippen LogP contribution in [-0.2, 0) is 0 Å². The molecule has 1 atom stereocenters. The second-order valence-electron chi connectivity index (χ2n) is 7.20. The van der Waals surface area contributed by atoms with Crippen molar-refractivity contribution < 1.29 is 14.3 Å². The molecule has 3 heterocycles. The number of ether oxygens (including phenoxy) is 2. The molecule has 0 radical (unpaired) electrons. The van der Waals surface area contributed by atoms with Gasteiger partial charge in [-0.3, -0.25) is 9.69 Å². The van der Waals surface area contributed by atoms with Crippen molar-refractivity contribution in [1.82, 2.24) is 15.0 Å². The number of carbonyl (C=O) groups is 1. The zero-order valence-electron chi connectivity index (χ0n) is 16.3. The van der Waals surface area contributed by atoms with Crippen molar-refractivity contribution in [2.24, 2.45) is 0 Å². The van der Waals surface area contributed by atoms with Crippen LogP contribution in [0, 0.1) is 0 Å². The SMILES string of the molecule is O=C1c2ccccc2N[C@@H](c2cnn(-c3ccccc3)n2)N1c1ccc2c(c1)OCO2. The van der Waals surface area contributed by atoms with Gasteiger partial charge < -0.3 is 14.8 Å². The molecule has 4 aromatic rings. The van der Waals surface area contributed by atoms with E-state index in [1.807, 2.05) is 72.8 Å². The highest BCUT2D eigenvalue weighted by Crippen LogP contribution is 2.40. The predicted molar refractivity (Wildman–Crippen MR) is 114 cm³/mol. The van der Waals surface area contributed by atoms with E-state index in [1.54, 1.807) is 15.9 Å². The van der Waals surface area contributed by atoms with Gasteiger partial charge in [0.15, 0.2) is 17.7 Å². The van der Waals surface area contributed by atoms with Gasteiger partial charge in [-0.2, -0.15) is 9.90 Å². The minimum atomic E-state index is -0.541. The smallest absolute Gasteiger partial charge is 0.262 e. The minimum Gasteiger partial charge on any atom is -0.454 e. The lowest BCUT2D eigenvalue weighted by Crippen LogP contribution is -2.43. The highest BCUT2D eigenvalue weighted by atomic mass is 16.7. The number of fused-ring (bicyclic) bond motifs is 2. The first-order valence-corrected chi connectivity index (χ1v) is 9.84. The zero-order chi connectivity index (χ0) is 20.8. The fraction of sp³-hybridized carbons (Fsp3) is 0.0870. The fourth-order valence-electron chi connectivity index (χ4n) is 3.85. The standard InChI is InChI=1S/C23H17N5O3/c29-23-17-8-4-5-9-18(17)25-22(19-13-24-28(26-19)15-6-2-1-3-7-15)27(23)16-10-11-20-21(12-16)31-14-30-20/h1-13,22,25H,14H2/t22-/m1/s1. The molecule has 1 amide bonds. The van der Waals surface area contributed by atoms with Crippen molar-refractivity contribution in [3.05, 3.63) is 90.3 Å². The molecule has 0 bridgehead atoms. The first-order valence-electron chi connectivity index (χ1n) is 9.84. The topological polar surface area (TPSA) is 81.5 Å². The summed E-state index contributed by atoms with van der Waals surface area (Å²) in [7, 11) is 0. The maximum absolute atomic E-state index is 13.5. The minimum absolute atomic E-state index is 0.132. The number of rotatable bonds is 3. The molecule has 0 saturated carbocycles. The van der Waals surface area contributed by atoms with Gasteiger partial charge in [-0.05, 0) is 36.4 Å². The van der Waals surface area contributed by atoms with E-state index in [-0.39, 0.29) is 12.7 Å². The summed E-state index contributed by atoms with van der Waals surface area (Å²) >= 11 is 0. The van der Waals surface area contributed by atoms with Crippen LogP contribution in [0.1, 0.15) is 22.2 Å². The number of carbonyl (C=O) groups excluding carboxylic acids is 1. The molecule has 1 aromatic heterocycles. The van der Waals surface area contributed by atoms with Crippen molar-refractivity contribution in [1.29, 1.82) is 0 Å². The van der Waals surface area contributed by atoms with Crippen LogP contribution >= 0.6 is 0 Å². The summed E-state index contributed by atoms with van der Waals surface area (Å²) in [5.41, 5.74) is 3.47. The van der Waals surface area contributed by atoms with Crippen LogP contribution in [0.5, 0.6) is 11.5 Å². The van der Waals surface area contributed by atoms with E-state index in [9.17, 15) is 4.79 Å². The van der Waals surface area contributed by atoms with Crippen LogP contribution in [0.3, 0.4) is 0 Å². The molecule has 1 N–H and O–H groups in total. The number of aromatic nitrogens is 3. The quantitative estimate of drug-likeness (QED) is 0.553. The first kappa shape index (κ1) is 17.5. The van der Waals surface area contributed by atoms with Crippen molar-refractivity contribution >= 4 is 17.3 Å². The molecular weight excluding hydrogens is 394 g/mol. The molecule has 0 aliphatic carbocycles. The second kappa shape index (κ2) is 6.88. The molecule has 8 nitrogen and oxygen atoms in total. The Hall–Kier alpha value is -4.33. The Kier molecular flexibility index (Phi) is 3.89. The Bertz CT molecular complexity index is 1290. The number of amides is 1. The number of benzene rings is 3. The Balaban J connectivity index is 1.46. The van der Waals surface area contributed by atoms with Crippen molar-refractivity contribution in [2.75, 3.05) is 17.0 Å².